The van der Waals surface area contributed by atoms with Gasteiger partial charge in [0.2, 0.25) is 5.91 Å². The third-order valence-electron chi connectivity index (χ3n) is 5.17. The molecular weight excluding hydrogens is 382 g/mol. The second-order valence-corrected chi connectivity index (χ2v) is 8.86. The minimum Gasteiger partial charge on any atom is -0.309 e. The summed E-state index contributed by atoms with van der Waals surface area (Å²) in [6.45, 7) is 12.3. The average Bonchev–Trinajstić information content (AvgIpc) is 2.81. The highest BCUT2D eigenvalue weighted by Gasteiger charge is 2.32. The zero-order valence-corrected chi connectivity index (χ0v) is 18.4. The molecule has 1 atom stereocenters. The molecule has 1 aliphatic heterocycles. The molecule has 150 valence electrons. The predicted molar refractivity (Wildman–Crippen MR) is 117 cm³/mol. The van der Waals surface area contributed by atoms with Crippen molar-refractivity contribution in [3.63, 3.8) is 0 Å². The summed E-state index contributed by atoms with van der Waals surface area (Å²) in [6.07, 6.45) is 0. The second-order valence-electron chi connectivity index (χ2n) is 7.76. The van der Waals surface area contributed by atoms with E-state index in [0.29, 0.717) is 17.5 Å². The molecule has 3 heterocycles. The molecule has 0 fully saturated rings. The fraction of sp³-hybridized carbons (Fsp3) is 0.364. The Morgan fingerprint density at radius 1 is 0.966 bits per heavy atom. The van der Waals surface area contributed by atoms with Gasteiger partial charge >= 0.3 is 0 Å². The van der Waals surface area contributed by atoms with Gasteiger partial charge < -0.3 is 5.32 Å². The number of carbonyl (C=O) groups is 1. The van der Waals surface area contributed by atoms with Crippen LogP contribution in [0.4, 0.5) is 5.82 Å². The lowest BCUT2D eigenvalue weighted by atomic mass is 9.93. The first kappa shape index (κ1) is 19.6. The van der Waals surface area contributed by atoms with Crippen molar-refractivity contribution in [2.75, 3.05) is 11.1 Å². The number of nitrogens with zero attached hydrogens (tertiary/aromatic N) is 4. The number of benzene rings is 1. The van der Waals surface area contributed by atoms with Crippen LogP contribution in [0, 0.1) is 41.5 Å². The molecule has 6 nitrogen and oxygen atoms in total. The maximum absolute atomic E-state index is 12.6. The number of hydrogen-bond donors (Lipinski definition) is 1. The first-order valence-corrected chi connectivity index (χ1v) is 10.7. The standard InChI is InChI=1S/C22H25N5OS/c1-11-7-12(2)18(13(3)8-11)20-19-16(6)26-27(21(19)25-17(28)10-29-20)22-23-14(4)9-15(5)24-22/h7-9,20H,10H2,1-6H3,(H,25,28)/t20-/m0/s1. The molecule has 0 saturated carbocycles. The highest BCUT2D eigenvalue weighted by Crippen LogP contribution is 2.45. The topological polar surface area (TPSA) is 72.7 Å². The Kier molecular flexibility index (Phi) is 4.94. The molecule has 29 heavy (non-hydrogen) atoms. The summed E-state index contributed by atoms with van der Waals surface area (Å²) in [5.41, 5.74) is 8.59. The molecule has 1 aliphatic rings. The fourth-order valence-corrected chi connectivity index (χ4v) is 5.54. The van der Waals surface area contributed by atoms with E-state index in [-0.39, 0.29) is 11.2 Å². The second kappa shape index (κ2) is 7.30. The lowest BCUT2D eigenvalue weighted by Gasteiger charge is -2.21. The summed E-state index contributed by atoms with van der Waals surface area (Å²) in [6, 6.07) is 6.33. The van der Waals surface area contributed by atoms with Gasteiger partial charge in [-0.15, -0.1) is 11.8 Å². The van der Waals surface area contributed by atoms with Crippen LogP contribution in [0.25, 0.3) is 5.95 Å². The predicted octanol–water partition coefficient (Wildman–Crippen LogP) is 4.29. The normalized spacial score (nSPS) is 16.3. The molecule has 1 N–H and O–H groups in total. The van der Waals surface area contributed by atoms with Crippen LogP contribution in [0.2, 0.25) is 0 Å². The number of anilines is 1. The van der Waals surface area contributed by atoms with Crippen molar-refractivity contribution in [3.8, 4) is 5.95 Å². The van der Waals surface area contributed by atoms with Gasteiger partial charge in [0.1, 0.15) is 5.82 Å². The maximum atomic E-state index is 12.6. The van der Waals surface area contributed by atoms with Gasteiger partial charge in [-0.2, -0.15) is 9.78 Å². The number of rotatable bonds is 2. The molecule has 0 saturated heterocycles. The van der Waals surface area contributed by atoms with Gasteiger partial charge in [0.25, 0.3) is 5.95 Å². The van der Waals surface area contributed by atoms with Crippen molar-refractivity contribution in [1.29, 1.82) is 0 Å². The summed E-state index contributed by atoms with van der Waals surface area (Å²) in [7, 11) is 0. The first-order valence-electron chi connectivity index (χ1n) is 9.66. The number of nitrogens with one attached hydrogen (secondary N) is 1. The number of amides is 1. The van der Waals surface area contributed by atoms with E-state index in [1.54, 1.807) is 16.4 Å². The monoisotopic (exact) mass is 407 g/mol. The molecule has 0 aliphatic carbocycles. The lowest BCUT2D eigenvalue weighted by molar-refractivity contribution is -0.113. The van der Waals surface area contributed by atoms with Gasteiger partial charge in [0, 0.05) is 17.0 Å². The number of thioether (sulfide) groups is 1. The SMILES string of the molecule is Cc1cc(C)c([C@@H]2SCC(=O)Nc3c2c(C)nn3-c2nc(C)cc(C)n2)c(C)c1. The quantitative estimate of drug-likeness (QED) is 0.686. The Bertz CT molecular complexity index is 1090. The van der Waals surface area contributed by atoms with Crippen molar-refractivity contribution in [1.82, 2.24) is 19.7 Å². The molecule has 1 amide bonds. The van der Waals surface area contributed by atoms with Gasteiger partial charge in [-0.25, -0.2) is 9.97 Å². The van der Waals surface area contributed by atoms with Crippen LogP contribution in [0.1, 0.15) is 50.1 Å². The van der Waals surface area contributed by atoms with E-state index in [0.717, 1.165) is 22.6 Å². The molecule has 2 aromatic heterocycles. The van der Waals surface area contributed by atoms with E-state index in [1.165, 1.54) is 22.3 Å². The Balaban J connectivity index is 1.95. The number of aryl methyl sites for hydroxylation is 6. The minimum absolute atomic E-state index is 0.0178. The highest BCUT2D eigenvalue weighted by molar-refractivity contribution is 8.00. The van der Waals surface area contributed by atoms with Crippen LogP contribution in [0.3, 0.4) is 0 Å². The van der Waals surface area contributed by atoms with Crippen molar-refractivity contribution in [2.24, 2.45) is 0 Å². The smallest absolute Gasteiger partial charge is 0.252 e. The average molecular weight is 408 g/mol. The number of hydrogen-bond acceptors (Lipinski definition) is 5. The maximum Gasteiger partial charge on any atom is 0.252 e. The fourth-order valence-electron chi connectivity index (χ4n) is 4.16. The summed E-state index contributed by atoms with van der Waals surface area (Å²) in [5, 5.41) is 7.81. The largest absolute Gasteiger partial charge is 0.309 e. The van der Waals surface area contributed by atoms with Gasteiger partial charge in [0.15, 0.2) is 0 Å². The highest BCUT2D eigenvalue weighted by atomic mass is 32.2. The third kappa shape index (κ3) is 3.55. The molecule has 0 radical (unpaired) electrons. The zero-order chi connectivity index (χ0) is 20.9. The Morgan fingerprint density at radius 2 is 1.59 bits per heavy atom. The molecule has 4 rings (SSSR count). The van der Waals surface area contributed by atoms with Gasteiger partial charge in [0.05, 0.1) is 16.7 Å². The summed E-state index contributed by atoms with van der Waals surface area (Å²) in [5.74, 6) is 1.51. The zero-order valence-electron chi connectivity index (χ0n) is 17.6. The van der Waals surface area contributed by atoms with Gasteiger partial charge in [-0.3, -0.25) is 4.79 Å². The van der Waals surface area contributed by atoms with Gasteiger partial charge in [-0.1, -0.05) is 17.7 Å². The molecule has 0 unspecified atom stereocenters. The van der Waals surface area contributed by atoms with E-state index < -0.39 is 0 Å². The van der Waals surface area contributed by atoms with Crippen LogP contribution >= 0.6 is 11.8 Å². The molecule has 3 aromatic rings. The van der Waals surface area contributed by atoms with E-state index in [1.807, 2.05) is 26.8 Å². The Morgan fingerprint density at radius 3 is 2.21 bits per heavy atom. The molecule has 1 aromatic carbocycles. The lowest BCUT2D eigenvalue weighted by Crippen LogP contribution is -2.17. The van der Waals surface area contributed by atoms with Crippen molar-refractivity contribution in [2.45, 2.75) is 46.8 Å². The molecule has 0 spiro atoms. The van der Waals surface area contributed by atoms with Crippen LogP contribution in [-0.2, 0) is 4.79 Å². The van der Waals surface area contributed by atoms with Crippen molar-refractivity contribution in [3.05, 3.63) is 63.1 Å². The Hall–Kier alpha value is -2.67. The van der Waals surface area contributed by atoms with E-state index in [2.05, 4.69) is 48.2 Å². The number of carbonyl (C=O) groups excluding carboxylic acids is 1. The van der Waals surface area contributed by atoms with E-state index >= 15 is 0 Å². The van der Waals surface area contributed by atoms with Crippen molar-refractivity contribution < 1.29 is 4.79 Å². The third-order valence-corrected chi connectivity index (χ3v) is 6.40. The van der Waals surface area contributed by atoms with Crippen molar-refractivity contribution >= 4 is 23.5 Å². The first-order chi connectivity index (χ1) is 13.7. The number of fused-ring (bicyclic) bond motifs is 1. The van der Waals surface area contributed by atoms with Crippen LogP contribution < -0.4 is 5.32 Å². The summed E-state index contributed by atoms with van der Waals surface area (Å²) < 4.78 is 1.68. The molecule has 7 heteroatoms. The van der Waals surface area contributed by atoms with Crippen LogP contribution in [0.15, 0.2) is 18.2 Å². The van der Waals surface area contributed by atoms with E-state index in [4.69, 9.17) is 5.10 Å². The minimum atomic E-state index is -0.0355. The van der Waals surface area contributed by atoms with Crippen LogP contribution in [-0.4, -0.2) is 31.4 Å². The van der Waals surface area contributed by atoms with Crippen LogP contribution in [0.5, 0.6) is 0 Å². The number of aromatic nitrogens is 4. The van der Waals surface area contributed by atoms with E-state index in [9.17, 15) is 4.79 Å². The molecular formula is C22H25N5OS. The summed E-state index contributed by atoms with van der Waals surface area (Å²) >= 11 is 1.64. The molecule has 0 bridgehead atoms. The van der Waals surface area contributed by atoms with Gasteiger partial charge in [-0.05, 0) is 64.3 Å². The Labute approximate surface area is 175 Å². The summed E-state index contributed by atoms with van der Waals surface area (Å²) in [4.78, 5) is 21.7.